The summed E-state index contributed by atoms with van der Waals surface area (Å²) in [6, 6.07) is 2.89. The lowest BCUT2D eigenvalue weighted by molar-refractivity contribution is 0.0263. The molecular weight excluding hydrogens is 367 g/mol. The van der Waals surface area contributed by atoms with E-state index in [4.69, 9.17) is 21.4 Å². The number of amides is 1. The fraction of sp³-hybridized carbons (Fsp3) is 0.250. The average Bonchev–Trinajstić information content (AvgIpc) is 3.02. The molecule has 0 unspecified atom stereocenters. The summed E-state index contributed by atoms with van der Waals surface area (Å²) in [5.74, 6) is -1.55. The zero-order chi connectivity index (χ0) is 18.5. The predicted molar refractivity (Wildman–Crippen MR) is 89.0 cm³/mol. The van der Waals surface area contributed by atoms with Gasteiger partial charge >= 0.3 is 12.1 Å². The number of aromatic carboxylic acids is 1. The summed E-state index contributed by atoms with van der Waals surface area (Å²) in [7, 11) is 0. The zero-order valence-corrected chi connectivity index (χ0v) is 14.0. The van der Waals surface area contributed by atoms with Gasteiger partial charge in [-0.2, -0.15) is 0 Å². The second-order valence-corrected chi connectivity index (χ2v) is 6.44. The number of ether oxygens (including phenoxy) is 1. The molecule has 1 amide bonds. The molecule has 26 heavy (non-hydrogen) atoms. The first-order chi connectivity index (χ1) is 12.4. The van der Waals surface area contributed by atoms with Crippen LogP contribution >= 0.6 is 11.6 Å². The first-order valence-corrected chi connectivity index (χ1v) is 8.06. The molecule has 134 valence electrons. The number of anilines is 2. The molecule has 2 N–H and O–H groups in total. The fourth-order valence-corrected chi connectivity index (χ4v) is 3.50. The lowest BCUT2D eigenvalue weighted by Gasteiger charge is -2.35. The molecule has 10 heteroatoms. The van der Waals surface area contributed by atoms with Gasteiger partial charge in [0.1, 0.15) is 5.82 Å². The number of halogens is 2. The standard InChI is InChI=1S/C16H12ClFN4O4/c17-8-1-2-9-12(13(8)18)16(26-15(25)21-9)3-4-22(7-16)11-6-19-5-10(20-11)14(23)24/h1-2,5-6H,3-4,7H2,(H,21,25)(H,23,24)/t16-/m1/s1. The number of benzene rings is 1. The fourth-order valence-electron chi connectivity index (χ4n) is 3.34. The monoisotopic (exact) mass is 378 g/mol. The smallest absolute Gasteiger partial charge is 0.412 e. The summed E-state index contributed by atoms with van der Waals surface area (Å²) in [5, 5.41) is 11.5. The van der Waals surface area contributed by atoms with Crippen molar-refractivity contribution in [2.45, 2.75) is 12.0 Å². The van der Waals surface area contributed by atoms with E-state index in [1.807, 2.05) is 0 Å². The van der Waals surface area contributed by atoms with Crippen LogP contribution in [-0.2, 0) is 10.3 Å². The van der Waals surface area contributed by atoms with Gasteiger partial charge in [0.25, 0.3) is 0 Å². The van der Waals surface area contributed by atoms with Crippen LogP contribution in [0.2, 0.25) is 5.02 Å². The highest BCUT2D eigenvalue weighted by Gasteiger charge is 2.50. The molecular formula is C16H12ClFN4O4. The quantitative estimate of drug-likeness (QED) is 0.827. The van der Waals surface area contributed by atoms with Crippen molar-refractivity contribution in [3.05, 3.63) is 46.6 Å². The number of rotatable bonds is 2. The van der Waals surface area contributed by atoms with Crippen molar-refractivity contribution in [3.63, 3.8) is 0 Å². The summed E-state index contributed by atoms with van der Waals surface area (Å²) in [5.41, 5.74) is -0.974. The third-order valence-electron chi connectivity index (χ3n) is 4.47. The Balaban J connectivity index is 1.74. The van der Waals surface area contributed by atoms with E-state index in [9.17, 15) is 14.0 Å². The Morgan fingerprint density at radius 1 is 1.42 bits per heavy atom. The third kappa shape index (κ3) is 2.51. The van der Waals surface area contributed by atoms with Crippen molar-refractivity contribution in [2.75, 3.05) is 23.3 Å². The summed E-state index contributed by atoms with van der Waals surface area (Å²) in [4.78, 5) is 32.7. The Bertz CT molecular complexity index is 940. The van der Waals surface area contributed by atoms with Crippen LogP contribution in [-0.4, -0.2) is 40.2 Å². The van der Waals surface area contributed by atoms with E-state index in [2.05, 4.69) is 15.3 Å². The topological polar surface area (TPSA) is 105 Å². The molecule has 0 radical (unpaired) electrons. The molecule has 1 fully saturated rings. The number of aromatic nitrogens is 2. The number of carboxylic acid groups (broad SMARTS) is 1. The Morgan fingerprint density at radius 2 is 2.23 bits per heavy atom. The first-order valence-electron chi connectivity index (χ1n) is 7.68. The van der Waals surface area contributed by atoms with Gasteiger partial charge < -0.3 is 14.7 Å². The number of carboxylic acids is 1. The Hall–Kier alpha value is -2.94. The lowest BCUT2D eigenvalue weighted by Crippen LogP contribution is -2.42. The summed E-state index contributed by atoms with van der Waals surface area (Å²) in [6.45, 7) is 0.471. The molecule has 3 heterocycles. The van der Waals surface area contributed by atoms with Crippen LogP contribution in [0, 0.1) is 5.82 Å². The number of nitrogens with zero attached hydrogens (tertiary/aromatic N) is 3. The molecule has 0 bridgehead atoms. The molecule has 1 spiro atoms. The predicted octanol–water partition coefficient (Wildman–Crippen LogP) is 2.63. The van der Waals surface area contributed by atoms with Crippen molar-refractivity contribution in [2.24, 2.45) is 0 Å². The minimum Gasteiger partial charge on any atom is -0.476 e. The van der Waals surface area contributed by atoms with Crippen LogP contribution in [0.5, 0.6) is 0 Å². The van der Waals surface area contributed by atoms with Crippen LogP contribution in [0.4, 0.5) is 20.7 Å². The van der Waals surface area contributed by atoms with Crippen molar-refractivity contribution in [3.8, 4) is 0 Å². The highest BCUT2D eigenvalue weighted by Crippen LogP contribution is 2.46. The van der Waals surface area contributed by atoms with Gasteiger partial charge in [-0.15, -0.1) is 0 Å². The van der Waals surface area contributed by atoms with Crippen LogP contribution in [0.1, 0.15) is 22.5 Å². The summed E-state index contributed by atoms with van der Waals surface area (Å²) in [6.07, 6.45) is 2.15. The highest BCUT2D eigenvalue weighted by molar-refractivity contribution is 6.31. The zero-order valence-electron chi connectivity index (χ0n) is 13.2. The maximum absolute atomic E-state index is 14.7. The van der Waals surface area contributed by atoms with Crippen LogP contribution in [0.15, 0.2) is 24.5 Å². The van der Waals surface area contributed by atoms with Gasteiger partial charge in [-0.25, -0.2) is 19.0 Å². The summed E-state index contributed by atoms with van der Waals surface area (Å²) >= 11 is 5.91. The molecule has 1 aromatic heterocycles. The first kappa shape index (κ1) is 16.5. The van der Waals surface area contributed by atoms with Gasteiger partial charge in [-0.1, -0.05) is 11.6 Å². The van der Waals surface area contributed by atoms with Gasteiger partial charge in [-0.05, 0) is 12.1 Å². The van der Waals surface area contributed by atoms with E-state index < -0.39 is 23.5 Å². The second-order valence-electron chi connectivity index (χ2n) is 6.03. The Labute approximate surface area is 151 Å². The minimum atomic E-state index is -1.24. The van der Waals surface area contributed by atoms with E-state index in [0.29, 0.717) is 24.5 Å². The number of hydrogen-bond acceptors (Lipinski definition) is 6. The number of carbonyl (C=O) groups is 2. The molecule has 1 aromatic carbocycles. The van der Waals surface area contributed by atoms with Crippen molar-refractivity contribution in [1.82, 2.24) is 9.97 Å². The number of nitrogens with one attached hydrogen (secondary N) is 1. The van der Waals surface area contributed by atoms with Gasteiger partial charge in [0.05, 0.1) is 35.2 Å². The number of fused-ring (bicyclic) bond motifs is 2. The molecule has 2 aliphatic heterocycles. The van der Waals surface area contributed by atoms with Gasteiger partial charge in [0.15, 0.2) is 17.1 Å². The maximum Gasteiger partial charge on any atom is 0.412 e. The molecule has 8 nitrogen and oxygen atoms in total. The van der Waals surface area contributed by atoms with Crippen LogP contribution in [0.3, 0.4) is 0 Å². The largest absolute Gasteiger partial charge is 0.476 e. The molecule has 4 rings (SSSR count). The SMILES string of the molecule is O=C1Nc2ccc(Cl)c(F)c2[C@]2(CCN(c3cncc(C(=O)O)n3)C2)O1. The van der Waals surface area contributed by atoms with E-state index in [-0.39, 0.29) is 22.8 Å². The molecule has 0 saturated carbocycles. The van der Waals surface area contributed by atoms with Gasteiger partial charge in [-0.3, -0.25) is 10.3 Å². The van der Waals surface area contributed by atoms with E-state index in [0.717, 1.165) is 6.20 Å². The van der Waals surface area contributed by atoms with Crippen molar-refractivity contribution in [1.29, 1.82) is 0 Å². The molecule has 1 saturated heterocycles. The van der Waals surface area contributed by atoms with Crippen LogP contribution in [0.25, 0.3) is 0 Å². The van der Waals surface area contributed by atoms with E-state index >= 15 is 0 Å². The van der Waals surface area contributed by atoms with Crippen molar-refractivity contribution < 1.29 is 23.8 Å². The van der Waals surface area contributed by atoms with E-state index in [1.54, 1.807) is 4.90 Å². The molecule has 0 aliphatic carbocycles. The second kappa shape index (κ2) is 5.80. The highest BCUT2D eigenvalue weighted by atomic mass is 35.5. The van der Waals surface area contributed by atoms with Gasteiger partial charge in [0, 0.05) is 13.0 Å². The Kier molecular flexibility index (Phi) is 3.69. The normalized spacial score (nSPS) is 21.3. The number of carbonyl (C=O) groups excluding carboxylic acids is 1. The summed E-state index contributed by atoms with van der Waals surface area (Å²) < 4.78 is 20.2. The molecule has 1 atom stereocenters. The lowest BCUT2D eigenvalue weighted by atomic mass is 9.89. The molecule has 2 aromatic rings. The third-order valence-corrected chi connectivity index (χ3v) is 4.76. The minimum absolute atomic E-state index is 0.0750. The molecule has 2 aliphatic rings. The van der Waals surface area contributed by atoms with Crippen molar-refractivity contribution >= 4 is 35.2 Å². The Morgan fingerprint density at radius 3 is 3.00 bits per heavy atom. The van der Waals surface area contributed by atoms with Gasteiger partial charge in [0.2, 0.25) is 0 Å². The maximum atomic E-state index is 14.7. The average molecular weight is 379 g/mol. The van der Waals surface area contributed by atoms with E-state index in [1.165, 1.54) is 18.3 Å². The number of hydrogen-bond donors (Lipinski definition) is 2. The van der Waals surface area contributed by atoms with Crippen LogP contribution < -0.4 is 10.2 Å².